The Labute approximate surface area is 107 Å². The first kappa shape index (κ1) is 13.4. The van der Waals surface area contributed by atoms with Crippen LogP contribution in [0.1, 0.15) is 51.9 Å². The van der Waals surface area contributed by atoms with Crippen LogP contribution in [0.2, 0.25) is 0 Å². The van der Waals surface area contributed by atoms with Crippen LogP contribution in [-0.2, 0) is 4.74 Å². The van der Waals surface area contributed by atoms with E-state index in [0.717, 1.165) is 37.0 Å². The molecule has 17 heavy (non-hydrogen) atoms. The monoisotopic (exact) mass is 239 g/mol. The zero-order valence-corrected chi connectivity index (χ0v) is 11.6. The van der Waals surface area contributed by atoms with Crippen LogP contribution in [0, 0.1) is 17.8 Å². The normalized spacial score (nSPS) is 33.5. The lowest BCUT2D eigenvalue weighted by atomic mass is 9.75. The highest BCUT2D eigenvalue weighted by Gasteiger charge is 2.28. The molecule has 1 saturated heterocycles. The molecule has 0 bridgehead atoms. The SMILES string of the molecule is CNC(CC1CCOCC1)C1CCCC(C)C1. The van der Waals surface area contributed by atoms with E-state index in [9.17, 15) is 0 Å². The molecule has 2 heteroatoms. The van der Waals surface area contributed by atoms with Crippen LogP contribution in [-0.4, -0.2) is 26.3 Å². The zero-order valence-electron chi connectivity index (χ0n) is 11.6. The summed E-state index contributed by atoms with van der Waals surface area (Å²) in [4.78, 5) is 0. The highest BCUT2D eigenvalue weighted by Crippen LogP contribution is 2.34. The third-order valence-electron chi connectivity index (χ3n) is 4.84. The molecule has 1 aliphatic carbocycles. The third kappa shape index (κ3) is 3.96. The fraction of sp³-hybridized carbons (Fsp3) is 1.00. The maximum Gasteiger partial charge on any atom is 0.0468 e. The molecule has 1 saturated carbocycles. The van der Waals surface area contributed by atoms with E-state index >= 15 is 0 Å². The number of hydrogen-bond acceptors (Lipinski definition) is 2. The molecular formula is C15H29NO. The molecule has 0 radical (unpaired) electrons. The molecule has 0 aromatic carbocycles. The number of nitrogens with one attached hydrogen (secondary N) is 1. The Bertz CT molecular complexity index is 213. The van der Waals surface area contributed by atoms with Crippen molar-refractivity contribution in [2.45, 2.75) is 57.9 Å². The molecule has 2 nitrogen and oxygen atoms in total. The molecule has 0 aromatic rings. The Hall–Kier alpha value is -0.0800. The Morgan fingerprint density at radius 1 is 1.18 bits per heavy atom. The number of rotatable bonds is 4. The summed E-state index contributed by atoms with van der Waals surface area (Å²) in [6.45, 7) is 4.40. The Kier molecular flexibility index (Phi) is 5.30. The maximum absolute atomic E-state index is 5.46. The van der Waals surface area contributed by atoms with Gasteiger partial charge in [0.2, 0.25) is 0 Å². The van der Waals surface area contributed by atoms with Crippen molar-refractivity contribution in [3.63, 3.8) is 0 Å². The quantitative estimate of drug-likeness (QED) is 0.813. The van der Waals surface area contributed by atoms with Gasteiger partial charge in [-0.25, -0.2) is 0 Å². The fourth-order valence-corrected chi connectivity index (χ4v) is 3.73. The van der Waals surface area contributed by atoms with Crippen molar-refractivity contribution in [1.29, 1.82) is 0 Å². The summed E-state index contributed by atoms with van der Waals surface area (Å²) in [6.07, 6.45) is 9.70. The van der Waals surface area contributed by atoms with Gasteiger partial charge >= 0.3 is 0 Å². The van der Waals surface area contributed by atoms with E-state index in [0.29, 0.717) is 0 Å². The van der Waals surface area contributed by atoms with Crippen molar-refractivity contribution >= 4 is 0 Å². The van der Waals surface area contributed by atoms with Gasteiger partial charge in [0.25, 0.3) is 0 Å². The van der Waals surface area contributed by atoms with Gasteiger partial charge in [-0.2, -0.15) is 0 Å². The topological polar surface area (TPSA) is 21.3 Å². The molecule has 2 fully saturated rings. The largest absolute Gasteiger partial charge is 0.381 e. The molecule has 0 spiro atoms. The zero-order chi connectivity index (χ0) is 12.1. The summed E-state index contributed by atoms with van der Waals surface area (Å²) in [5, 5.41) is 3.60. The minimum absolute atomic E-state index is 0.751. The predicted octanol–water partition coefficient (Wildman–Crippen LogP) is 3.22. The molecule has 100 valence electrons. The van der Waals surface area contributed by atoms with Crippen LogP contribution >= 0.6 is 0 Å². The van der Waals surface area contributed by atoms with Crippen molar-refractivity contribution in [2.75, 3.05) is 20.3 Å². The highest BCUT2D eigenvalue weighted by atomic mass is 16.5. The van der Waals surface area contributed by atoms with Crippen LogP contribution in [0.5, 0.6) is 0 Å². The lowest BCUT2D eigenvalue weighted by Gasteiger charge is -2.36. The van der Waals surface area contributed by atoms with Gasteiger partial charge in [0.05, 0.1) is 0 Å². The van der Waals surface area contributed by atoms with Gasteiger partial charge in [-0.15, -0.1) is 0 Å². The Balaban J connectivity index is 1.82. The first-order chi connectivity index (χ1) is 8.29. The summed E-state index contributed by atoms with van der Waals surface area (Å²) in [5.74, 6) is 2.77. The van der Waals surface area contributed by atoms with E-state index in [1.165, 1.54) is 44.9 Å². The smallest absolute Gasteiger partial charge is 0.0468 e. The van der Waals surface area contributed by atoms with Gasteiger partial charge in [-0.05, 0) is 56.9 Å². The van der Waals surface area contributed by atoms with Gasteiger partial charge in [0.15, 0.2) is 0 Å². The van der Waals surface area contributed by atoms with Crippen LogP contribution in [0.15, 0.2) is 0 Å². The maximum atomic E-state index is 5.46. The molecular weight excluding hydrogens is 210 g/mol. The molecule has 2 aliphatic rings. The summed E-state index contributed by atoms with van der Waals surface area (Å²) >= 11 is 0. The first-order valence-electron chi connectivity index (χ1n) is 7.54. The van der Waals surface area contributed by atoms with Crippen LogP contribution < -0.4 is 5.32 Å². The minimum atomic E-state index is 0.751. The number of hydrogen-bond donors (Lipinski definition) is 1. The van der Waals surface area contributed by atoms with Crippen molar-refractivity contribution in [1.82, 2.24) is 5.32 Å². The van der Waals surface area contributed by atoms with Gasteiger partial charge in [0.1, 0.15) is 0 Å². The molecule has 1 N–H and O–H groups in total. The fourth-order valence-electron chi connectivity index (χ4n) is 3.73. The molecule has 1 heterocycles. The lowest BCUT2D eigenvalue weighted by molar-refractivity contribution is 0.0560. The van der Waals surface area contributed by atoms with E-state index < -0.39 is 0 Å². The minimum Gasteiger partial charge on any atom is -0.381 e. The number of ether oxygens (including phenoxy) is 1. The standard InChI is InChI=1S/C15H29NO/c1-12-4-3-5-14(10-12)15(16-2)11-13-6-8-17-9-7-13/h12-16H,3-11H2,1-2H3. The summed E-state index contributed by atoms with van der Waals surface area (Å²) in [7, 11) is 2.16. The highest BCUT2D eigenvalue weighted by molar-refractivity contribution is 4.83. The van der Waals surface area contributed by atoms with Gasteiger partial charge in [-0.1, -0.05) is 19.8 Å². The van der Waals surface area contributed by atoms with Crippen LogP contribution in [0.25, 0.3) is 0 Å². The van der Waals surface area contributed by atoms with Crippen molar-refractivity contribution < 1.29 is 4.74 Å². The first-order valence-corrected chi connectivity index (χ1v) is 7.54. The second-order valence-corrected chi connectivity index (χ2v) is 6.22. The Morgan fingerprint density at radius 2 is 1.94 bits per heavy atom. The molecule has 1 aliphatic heterocycles. The predicted molar refractivity (Wildman–Crippen MR) is 72.1 cm³/mol. The average molecular weight is 239 g/mol. The van der Waals surface area contributed by atoms with Gasteiger partial charge < -0.3 is 10.1 Å². The van der Waals surface area contributed by atoms with Crippen molar-refractivity contribution in [2.24, 2.45) is 17.8 Å². The summed E-state index contributed by atoms with van der Waals surface area (Å²) < 4.78 is 5.46. The van der Waals surface area contributed by atoms with E-state index in [1.807, 2.05) is 0 Å². The molecule has 0 amide bonds. The molecule has 3 unspecified atom stereocenters. The van der Waals surface area contributed by atoms with E-state index in [4.69, 9.17) is 4.74 Å². The van der Waals surface area contributed by atoms with Gasteiger partial charge in [0, 0.05) is 19.3 Å². The second kappa shape index (κ2) is 6.75. The van der Waals surface area contributed by atoms with Crippen molar-refractivity contribution in [3.8, 4) is 0 Å². The van der Waals surface area contributed by atoms with Gasteiger partial charge in [-0.3, -0.25) is 0 Å². The molecule has 3 atom stereocenters. The van der Waals surface area contributed by atoms with E-state index in [2.05, 4.69) is 19.3 Å². The van der Waals surface area contributed by atoms with Crippen LogP contribution in [0.4, 0.5) is 0 Å². The van der Waals surface area contributed by atoms with Crippen molar-refractivity contribution in [3.05, 3.63) is 0 Å². The average Bonchev–Trinajstić information content (AvgIpc) is 2.37. The van der Waals surface area contributed by atoms with E-state index in [-0.39, 0.29) is 0 Å². The van der Waals surface area contributed by atoms with Crippen LogP contribution in [0.3, 0.4) is 0 Å². The summed E-state index contributed by atoms with van der Waals surface area (Å²) in [5.41, 5.74) is 0. The molecule has 2 rings (SSSR count). The lowest BCUT2D eigenvalue weighted by Crippen LogP contribution is -2.38. The summed E-state index contributed by atoms with van der Waals surface area (Å²) in [6, 6.07) is 0.751. The molecule has 0 aromatic heterocycles. The third-order valence-corrected chi connectivity index (χ3v) is 4.84. The van der Waals surface area contributed by atoms with E-state index in [1.54, 1.807) is 0 Å². The Morgan fingerprint density at radius 3 is 2.59 bits per heavy atom. The second-order valence-electron chi connectivity index (χ2n) is 6.22.